The van der Waals surface area contributed by atoms with Gasteiger partial charge in [-0.1, -0.05) is 11.6 Å². The highest BCUT2D eigenvalue weighted by Crippen LogP contribution is 2.15. The first kappa shape index (κ1) is 19.2. The molecular weight excluding hydrogens is 323 g/mol. The summed E-state index contributed by atoms with van der Waals surface area (Å²) in [4.78, 5) is 11.8. The highest BCUT2D eigenvalue weighted by atomic mass is 35.5. The molecule has 1 amide bonds. The molecule has 8 heteroatoms. The van der Waals surface area contributed by atoms with Gasteiger partial charge in [0.2, 0.25) is 5.91 Å². The number of carbonyl (C=O) groups excluding carboxylic acids is 1. The zero-order valence-corrected chi connectivity index (χ0v) is 13.6. The molecular formula is C12H18Cl2N2O3S. The Balaban J connectivity index is 0.00000361. The van der Waals surface area contributed by atoms with Crippen molar-refractivity contribution in [2.45, 2.75) is 24.3 Å². The number of rotatable bonds is 5. The van der Waals surface area contributed by atoms with Gasteiger partial charge in [0.25, 0.3) is 0 Å². The summed E-state index contributed by atoms with van der Waals surface area (Å²) in [5.41, 5.74) is 4.83. The molecule has 1 rings (SSSR count). The van der Waals surface area contributed by atoms with E-state index in [0.29, 0.717) is 5.02 Å². The zero-order chi connectivity index (χ0) is 14.7. The monoisotopic (exact) mass is 340 g/mol. The lowest BCUT2D eigenvalue weighted by Gasteiger charge is -2.24. The summed E-state index contributed by atoms with van der Waals surface area (Å²) >= 11 is 5.69. The number of nitrogens with two attached hydrogens (primary N) is 1. The van der Waals surface area contributed by atoms with Gasteiger partial charge in [-0.15, -0.1) is 12.4 Å². The van der Waals surface area contributed by atoms with Crippen molar-refractivity contribution in [2.75, 3.05) is 12.3 Å². The van der Waals surface area contributed by atoms with Crippen LogP contribution in [0.3, 0.4) is 0 Å². The predicted octanol–water partition coefficient (Wildman–Crippen LogP) is 1.39. The van der Waals surface area contributed by atoms with E-state index in [1.165, 1.54) is 24.3 Å². The van der Waals surface area contributed by atoms with E-state index >= 15 is 0 Å². The number of nitrogens with one attached hydrogen (secondary N) is 1. The van der Waals surface area contributed by atoms with E-state index < -0.39 is 27.0 Å². The molecule has 114 valence electrons. The van der Waals surface area contributed by atoms with E-state index in [0.717, 1.165) is 0 Å². The Morgan fingerprint density at radius 1 is 1.30 bits per heavy atom. The molecule has 0 aliphatic carbocycles. The van der Waals surface area contributed by atoms with Crippen molar-refractivity contribution in [1.29, 1.82) is 0 Å². The molecule has 1 aromatic carbocycles. The van der Waals surface area contributed by atoms with Crippen molar-refractivity contribution in [3.63, 3.8) is 0 Å². The SMILES string of the molecule is CC(C)(CN)NC(=O)CS(=O)(=O)c1ccc(Cl)cc1.Cl. The number of amides is 1. The molecule has 0 atom stereocenters. The highest BCUT2D eigenvalue weighted by molar-refractivity contribution is 7.92. The van der Waals surface area contributed by atoms with E-state index in [1.54, 1.807) is 13.8 Å². The minimum atomic E-state index is -3.67. The Labute approximate surface area is 130 Å². The zero-order valence-electron chi connectivity index (χ0n) is 11.2. The third-order valence-corrected chi connectivity index (χ3v) is 4.37. The fourth-order valence-electron chi connectivity index (χ4n) is 1.36. The summed E-state index contributed by atoms with van der Waals surface area (Å²) in [6.45, 7) is 3.67. The Kier molecular flexibility index (Phi) is 6.97. The van der Waals surface area contributed by atoms with Gasteiger partial charge in [0.1, 0.15) is 5.75 Å². The minimum Gasteiger partial charge on any atom is -0.349 e. The van der Waals surface area contributed by atoms with Gasteiger partial charge in [-0.2, -0.15) is 0 Å². The molecule has 0 fully saturated rings. The fourth-order valence-corrected chi connectivity index (χ4v) is 2.62. The summed E-state index contributed by atoms with van der Waals surface area (Å²) in [6.07, 6.45) is 0. The molecule has 1 aromatic rings. The van der Waals surface area contributed by atoms with Crippen LogP contribution in [0.2, 0.25) is 5.02 Å². The quantitative estimate of drug-likeness (QED) is 0.847. The van der Waals surface area contributed by atoms with Gasteiger partial charge in [-0.25, -0.2) is 8.42 Å². The third kappa shape index (κ3) is 5.66. The van der Waals surface area contributed by atoms with Crippen LogP contribution in [0.25, 0.3) is 0 Å². The predicted molar refractivity (Wildman–Crippen MR) is 82.0 cm³/mol. The number of carbonyl (C=O) groups is 1. The van der Waals surface area contributed by atoms with Gasteiger partial charge in [0.15, 0.2) is 9.84 Å². The topological polar surface area (TPSA) is 89.3 Å². The number of hydrogen-bond acceptors (Lipinski definition) is 4. The largest absolute Gasteiger partial charge is 0.349 e. The van der Waals surface area contributed by atoms with E-state index in [9.17, 15) is 13.2 Å². The molecule has 0 saturated heterocycles. The second kappa shape index (κ2) is 7.26. The van der Waals surface area contributed by atoms with Crippen molar-refractivity contribution in [1.82, 2.24) is 5.32 Å². The lowest BCUT2D eigenvalue weighted by Crippen LogP contribution is -2.50. The van der Waals surface area contributed by atoms with Gasteiger partial charge in [-0.05, 0) is 38.1 Å². The molecule has 0 aliphatic heterocycles. The van der Waals surface area contributed by atoms with E-state index in [4.69, 9.17) is 17.3 Å². The molecule has 0 aliphatic rings. The average Bonchev–Trinajstić information content (AvgIpc) is 2.28. The average molecular weight is 341 g/mol. The van der Waals surface area contributed by atoms with E-state index in [-0.39, 0.29) is 23.8 Å². The van der Waals surface area contributed by atoms with Crippen molar-refractivity contribution in [3.8, 4) is 0 Å². The van der Waals surface area contributed by atoms with Crippen molar-refractivity contribution in [3.05, 3.63) is 29.3 Å². The first-order chi connectivity index (χ1) is 8.66. The second-order valence-electron chi connectivity index (χ2n) is 4.85. The molecule has 3 N–H and O–H groups in total. The molecule has 5 nitrogen and oxygen atoms in total. The number of benzene rings is 1. The summed E-state index contributed by atoms with van der Waals surface area (Å²) < 4.78 is 24.0. The molecule has 0 spiro atoms. The Hall–Kier alpha value is -0.820. The minimum absolute atomic E-state index is 0. The van der Waals surface area contributed by atoms with E-state index in [1.807, 2.05) is 0 Å². The molecule has 0 aromatic heterocycles. The van der Waals surface area contributed by atoms with Crippen LogP contribution in [0, 0.1) is 0 Å². The first-order valence-corrected chi connectivity index (χ1v) is 7.69. The van der Waals surface area contributed by atoms with Gasteiger partial charge >= 0.3 is 0 Å². The van der Waals surface area contributed by atoms with Crippen LogP contribution in [-0.4, -0.2) is 32.2 Å². The molecule has 0 heterocycles. The van der Waals surface area contributed by atoms with E-state index in [2.05, 4.69) is 5.32 Å². The van der Waals surface area contributed by atoms with Gasteiger partial charge in [0, 0.05) is 17.1 Å². The molecule has 20 heavy (non-hydrogen) atoms. The molecule has 0 saturated carbocycles. The van der Waals surface area contributed by atoms with Crippen LogP contribution in [0.5, 0.6) is 0 Å². The van der Waals surface area contributed by atoms with Crippen molar-refractivity contribution >= 4 is 39.8 Å². The van der Waals surface area contributed by atoms with Gasteiger partial charge < -0.3 is 11.1 Å². The normalized spacial score (nSPS) is 11.6. The maximum Gasteiger partial charge on any atom is 0.236 e. The summed E-state index contributed by atoms with van der Waals surface area (Å²) in [7, 11) is -3.67. The number of halogens is 2. The summed E-state index contributed by atoms with van der Waals surface area (Å²) in [5, 5.41) is 3.01. The second-order valence-corrected chi connectivity index (χ2v) is 7.28. The third-order valence-electron chi connectivity index (χ3n) is 2.48. The van der Waals surface area contributed by atoms with Crippen molar-refractivity contribution in [2.24, 2.45) is 5.73 Å². The maximum atomic E-state index is 12.0. The van der Waals surface area contributed by atoms with Crippen LogP contribution in [0.1, 0.15) is 13.8 Å². The van der Waals surface area contributed by atoms with Gasteiger partial charge in [0.05, 0.1) is 4.90 Å². The Bertz CT molecular complexity index is 557. The lowest BCUT2D eigenvalue weighted by atomic mass is 10.1. The highest BCUT2D eigenvalue weighted by Gasteiger charge is 2.24. The fraction of sp³-hybridized carbons (Fsp3) is 0.417. The number of sulfone groups is 1. The Morgan fingerprint density at radius 2 is 1.80 bits per heavy atom. The smallest absolute Gasteiger partial charge is 0.236 e. The van der Waals surface area contributed by atoms with Crippen LogP contribution in [0.4, 0.5) is 0 Å². The molecule has 0 bridgehead atoms. The first-order valence-electron chi connectivity index (χ1n) is 5.66. The summed E-state index contributed by atoms with van der Waals surface area (Å²) in [6, 6.07) is 5.68. The van der Waals surface area contributed by atoms with Crippen LogP contribution in [-0.2, 0) is 14.6 Å². The standard InChI is InChI=1S/C12H17ClN2O3S.ClH/c1-12(2,8-14)15-11(16)7-19(17,18)10-5-3-9(13)4-6-10;/h3-6H,7-8,14H2,1-2H3,(H,15,16);1H. The van der Waals surface area contributed by atoms with Crippen LogP contribution in [0.15, 0.2) is 29.2 Å². The summed E-state index contributed by atoms with van der Waals surface area (Å²) in [5.74, 6) is -1.19. The maximum absolute atomic E-state index is 12.0. The van der Waals surface area contributed by atoms with Gasteiger partial charge in [-0.3, -0.25) is 4.79 Å². The molecule has 0 unspecified atom stereocenters. The van der Waals surface area contributed by atoms with Crippen LogP contribution < -0.4 is 11.1 Å². The molecule has 0 radical (unpaired) electrons. The Morgan fingerprint density at radius 3 is 2.25 bits per heavy atom. The number of hydrogen-bond donors (Lipinski definition) is 2. The van der Waals surface area contributed by atoms with Crippen LogP contribution >= 0.6 is 24.0 Å². The lowest BCUT2D eigenvalue weighted by molar-refractivity contribution is -0.120. The van der Waals surface area contributed by atoms with Crippen molar-refractivity contribution < 1.29 is 13.2 Å².